The van der Waals surface area contributed by atoms with Crippen LogP contribution in [0.1, 0.15) is 48.8 Å². The number of aromatic nitrogens is 3. The number of pyridine rings is 1. The van der Waals surface area contributed by atoms with E-state index in [4.69, 9.17) is 0 Å². The molecule has 1 amide bonds. The van der Waals surface area contributed by atoms with Crippen LogP contribution in [0.2, 0.25) is 0 Å². The lowest BCUT2D eigenvalue weighted by Gasteiger charge is -2.21. The summed E-state index contributed by atoms with van der Waals surface area (Å²) < 4.78 is 1.90. The van der Waals surface area contributed by atoms with E-state index in [1.54, 1.807) is 6.20 Å². The predicted molar refractivity (Wildman–Crippen MR) is 97.6 cm³/mol. The molecule has 2 aliphatic rings. The standard InChI is InChI=1S/C19H27N5O/c1-12(2)24-18-17(11-21-24)16(8-13(3)22-18)19(25)23-6-4-14-9-20-10-15(14)5-7-23/h8,11-12,14-15,20H,4-7,9-10H2,1-3H3/t14-,15+. The lowest BCUT2D eigenvalue weighted by atomic mass is 9.92. The van der Waals surface area contributed by atoms with E-state index in [1.165, 1.54) is 0 Å². The number of amides is 1. The van der Waals surface area contributed by atoms with E-state index in [0.29, 0.717) is 0 Å². The Bertz CT molecular complexity index is 782. The Morgan fingerprint density at radius 2 is 1.92 bits per heavy atom. The third-order valence-electron chi connectivity index (χ3n) is 5.72. The molecule has 2 atom stereocenters. The van der Waals surface area contributed by atoms with Gasteiger partial charge in [-0.1, -0.05) is 0 Å². The molecule has 134 valence electrons. The van der Waals surface area contributed by atoms with Gasteiger partial charge in [0, 0.05) is 24.8 Å². The zero-order valence-corrected chi connectivity index (χ0v) is 15.3. The van der Waals surface area contributed by atoms with Crippen LogP contribution >= 0.6 is 0 Å². The van der Waals surface area contributed by atoms with Crippen molar-refractivity contribution in [2.45, 2.75) is 39.7 Å². The average Bonchev–Trinajstić information content (AvgIpc) is 3.16. The van der Waals surface area contributed by atoms with Gasteiger partial charge in [-0.15, -0.1) is 0 Å². The monoisotopic (exact) mass is 341 g/mol. The van der Waals surface area contributed by atoms with Gasteiger partial charge in [0.15, 0.2) is 5.65 Å². The average molecular weight is 341 g/mol. The zero-order valence-electron chi connectivity index (χ0n) is 15.3. The lowest BCUT2D eigenvalue weighted by molar-refractivity contribution is 0.0760. The fourth-order valence-corrected chi connectivity index (χ4v) is 4.29. The molecule has 4 heterocycles. The maximum Gasteiger partial charge on any atom is 0.254 e. The van der Waals surface area contributed by atoms with E-state index in [1.807, 2.05) is 22.6 Å². The molecular weight excluding hydrogens is 314 g/mol. The van der Waals surface area contributed by atoms with Crippen molar-refractivity contribution in [2.75, 3.05) is 26.2 Å². The van der Waals surface area contributed by atoms with Crippen molar-refractivity contribution in [1.29, 1.82) is 0 Å². The third-order valence-corrected chi connectivity index (χ3v) is 5.72. The van der Waals surface area contributed by atoms with E-state index in [9.17, 15) is 4.79 Å². The van der Waals surface area contributed by atoms with Crippen LogP contribution in [0.5, 0.6) is 0 Å². The van der Waals surface area contributed by atoms with Crippen molar-refractivity contribution in [1.82, 2.24) is 25.0 Å². The Hall–Kier alpha value is -1.95. The number of carbonyl (C=O) groups excluding carboxylic acids is 1. The molecule has 2 saturated heterocycles. The number of hydrogen-bond acceptors (Lipinski definition) is 4. The summed E-state index contributed by atoms with van der Waals surface area (Å²) in [5.41, 5.74) is 2.43. The van der Waals surface area contributed by atoms with Crippen LogP contribution in [0.25, 0.3) is 11.0 Å². The summed E-state index contributed by atoms with van der Waals surface area (Å²) in [6.45, 7) is 10.0. The quantitative estimate of drug-likeness (QED) is 0.911. The number of hydrogen-bond donors (Lipinski definition) is 1. The Morgan fingerprint density at radius 3 is 2.56 bits per heavy atom. The number of rotatable bonds is 2. The molecule has 2 aliphatic heterocycles. The molecule has 4 rings (SSSR count). The number of likely N-dealkylation sites (tertiary alicyclic amines) is 1. The van der Waals surface area contributed by atoms with E-state index in [-0.39, 0.29) is 11.9 Å². The van der Waals surface area contributed by atoms with E-state index in [2.05, 4.69) is 29.2 Å². The number of nitrogens with one attached hydrogen (secondary N) is 1. The summed E-state index contributed by atoms with van der Waals surface area (Å²) >= 11 is 0. The Labute approximate surface area is 148 Å². The zero-order chi connectivity index (χ0) is 17.6. The molecular formula is C19H27N5O. The summed E-state index contributed by atoms with van der Waals surface area (Å²) in [6.07, 6.45) is 4.00. The predicted octanol–water partition coefficient (Wildman–Crippen LogP) is 2.39. The minimum absolute atomic E-state index is 0.131. The number of fused-ring (bicyclic) bond motifs is 2. The molecule has 6 heteroatoms. The summed E-state index contributed by atoms with van der Waals surface area (Å²) in [4.78, 5) is 19.9. The first-order chi connectivity index (χ1) is 12.0. The second-order valence-electron chi connectivity index (χ2n) is 7.78. The number of carbonyl (C=O) groups is 1. The van der Waals surface area contributed by atoms with Gasteiger partial charge in [-0.05, 0) is 64.6 Å². The fourth-order valence-electron chi connectivity index (χ4n) is 4.29. The topological polar surface area (TPSA) is 63.1 Å². The van der Waals surface area contributed by atoms with Crippen LogP contribution in [-0.2, 0) is 0 Å². The minimum Gasteiger partial charge on any atom is -0.339 e. The van der Waals surface area contributed by atoms with Crippen LogP contribution in [-0.4, -0.2) is 51.8 Å². The molecule has 2 aromatic heterocycles. The molecule has 25 heavy (non-hydrogen) atoms. The Kier molecular flexibility index (Phi) is 4.23. The van der Waals surface area contributed by atoms with Crippen molar-refractivity contribution in [3.8, 4) is 0 Å². The van der Waals surface area contributed by atoms with Gasteiger partial charge < -0.3 is 10.2 Å². The molecule has 0 radical (unpaired) electrons. The van der Waals surface area contributed by atoms with Crippen LogP contribution < -0.4 is 5.32 Å². The molecule has 0 bridgehead atoms. The van der Waals surface area contributed by atoms with E-state index in [0.717, 1.165) is 73.1 Å². The summed E-state index contributed by atoms with van der Waals surface area (Å²) in [6, 6.07) is 2.14. The van der Waals surface area contributed by atoms with Crippen LogP contribution in [0.15, 0.2) is 12.3 Å². The summed E-state index contributed by atoms with van der Waals surface area (Å²) in [5.74, 6) is 1.58. The van der Waals surface area contributed by atoms with Crippen molar-refractivity contribution in [2.24, 2.45) is 11.8 Å². The van der Waals surface area contributed by atoms with Crippen LogP contribution in [0.4, 0.5) is 0 Å². The number of nitrogens with zero attached hydrogens (tertiary/aromatic N) is 4. The van der Waals surface area contributed by atoms with Gasteiger partial charge in [-0.25, -0.2) is 9.67 Å². The highest BCUT2D eigenvalue weighted by atomic mass is 16.2. The maximum atomic E-state index is 13.3. The first-order valence-corrected chi connectivity index (χ1v) is 9.39. The highest BCUT2D eigenvalue weighted by Crippen LogP contribution is 2.29. The molecule has 0 spiro atoms. The van der Waals surface area contributed by atoms with Crippen LogP contribution in [0.3, 0.4) is 0 Å². The van der Waals surface area contributed by atoms with Gasteiger partial charge in [-0.3, -0.25) is 4.79 Å². The van der Waals surface area contributed by atoms with Gasteiger partial charge >= 0.3 is 0 Å². The van der Waals surface area contributed by atoms with Crippen LogP contribution in [0, 0.1) is 18.8 Å². The smallest absolute Gasteiger partial charge is 0.254 e. The molecule has 0 saturated carbocycles. The number of aryl methyl sites for hydroxylation is 1. The first-order valence-electron chi connectivity index (χ1n) is 9.39. The van der Waals surface area contributed by atoms with Gasteiger partial charge in [-0.2, -0.15) is 5.10 Å². The molecule has 0 aliphatic carbocycles. The molecule has 2 aromatic rings. The largest absolute Gasteiger partial charge is 0.339 e. The lowest BCUT2D eigenvalue weighted by Crippen LogP contribution is -2.33. The van der Waals surface area contributed by atoms with Crippen molar-refractivity contribution in [3.63, 3.8) is 0 Å². The van der Waals surface area contributed by atoms with E-state index >= 15 is 0 Å². The molecule has 0 aromatic carbocycles. The van der Waals surface area contributed by atoms with Crippen molar-refractivity contribution >= 4 is 16.9 Å². The molecule has 1 N–H and O–H groups in total. The van der Waals surface area contributed by atoms with E-state index < -0.39 is 0 Å². The third kappa shape index (κ3) is 2.92. The minimum atomic E-state index is 0.131. The Morgan fingerprint density at radius 1 is 1.24 bits per heavy atom. The Balaban J connectivity index is 1.66. The van der Waals surface area contributed by atoms with Gasteiger partial charge in [0.05, 0.1) is 17.1 Å². The fraction of sp³-hybridized carbons (Fsp3) is 0.632. The van der Waals surface area contributed by atoms with Crippen molar-refractivity contribution < 1.29 is 4.79 Å². The van der Waals surface area contributed by atoms with Gasteiger partial charge in [0.25, 0.3) is 5.91 Å². The maximum absolute atomic E-state index is 13.3. The second kappa shape index (κ2) is 6.41. The van der Waals surface area contributed by atoms with Crippen molar-refractivity contribution in [3.05, 3.63) is 23.5 Å². The van der Waals surface area contributed by atoms with Gasteiger partial charge in [0.1, 0.15) is 0 Å². The normalized spacial score (nSPS) is 23.9. The highest BCUT2D eigenvalue weighted by Gasteiger charge is 2.32. The summed E-state index contributed by atoms with van der Waals surface area (Å²) in [5, 5.41) is 8.83. The first kappa shape index (κ1) is 16.5. The van der Waals surface area contributed by atoms with Gasteiger partial charge in [0.2, 0.25) is 0 Å². The second-order valence-corrected chi connectivity index (χ2v) is 7.78. The SMILES string of the molecule is Cc1cc(C(=O)N2CC[C@@H]3CNC[C@@H]3CC2)c2cnn(C(C)C)c2n1. The molecule has 0 unspecified atom stereocenters. The molecule has 6 nitrogen and oxygen atoms in total. The highest BCUT2D eigenvalue weighted by molar-refractivity contribution is 6.05. The molecule has 2 fully saturated rings. The summed E-state index contributed by atoms with van der Waals surface area (Å²) in [7, 11) is 0.